The predicted octanol–water partition coefficient (Wildman–Crippen LogP) is 2.54. The van der Waals surface area contributed by atoms with Crippen molar-refractivity contribution < 1.29 is 4.79 Å². The maximum absolute atomic E-state index is 12.3. The van der Waals surface area contributed by atoms with Gasteiger partial charge in [-0.05, 0) is 35.7 Å². The second kappa shape index (κ2) is 4.67. The molecule has 0 aliphatic heterocycles. The van der Waals surface area contributed by atoms with E-state index in [0.717, 1.165) is 23.9 Å². The van der Waals surface area contributed by atoms with E-state index in [2.05, 4.69) is 24.3 Å². The fourth-order valence-electron chi connectivity index (χ4n) is 2.65. The van der Waals surface area contributed by atoms with Gasteiger partial charge in [-0.25, -0.2) is 0 Å². The van der Waals surface area contributed by atoms with Crippen molar-refractivity contribution in [1.29, 1.82) is 0 Å². The summed E-state index contributed by atoms with van der Waals surface area (Å²) < 4.78 is 0. The number of carbonyl (C=O) groups excluding carboxylic acids is 1. The van der Waals surface area contributed by atoms with Crippen molar-refractivity contribution in [3.63, 3.8) is 0 Å². The summed E-state index contributed by atoms with van der Waals surface area (Å²) >= 11 is 0. The van der Waals surface area contributed by atoms with Crippen LogP contribution in [0.15, 0.2) is 42.5 Å². The minimum atomic E-state index is 0.103. The Labute approximate surface area is 113 Å². The van der Waals surface area contributed by atoms with Gasteiger partial charge in [0.05, 0.1) is 0 Å². The summed E-state index contributed by atoms with van der Waals surface area (Å²) in [6.45, 7) is 0. The Bertz CT molecular complexity index is 617. The second-order valence-corrected chi connectivity index (χ2v) is 5.36. The molecule has 3 nitrogen and oxygen atoms in total. The summed E-state index contributed by atoms with van der Waals surface area (Å²) in [6, 6.07) is 14.5. The summed E-state index contributed by atoms with van der Waals surface area (Å²) in [5.74, 6) is 0.281. The highest BCUT2D eigenvalue weighted by Gasteiger charge is 2.34. The average molecular weight is 254 g/mol. The van der Waals surface area contributed by atoms with Gasteiger partial charge >= 0.3 is 0 Å². The molecule has 1 aliphatic rings. The van der Waals surface area contributed by atoms with Gasteiger partial charge in [0.25, 0.3) is 0 Å². The van der Waals surface area contributed by atoms with Gasteiger partial charge in [-0.1, -0.05) is 30.3 Å². The first-order chi connectivity index (χ1) is 9.15. The lowest BCUT2D eigenvalue weighted by atomic mass is 9.80. The smallest absolute Gasteiger partial charge is 0.229 e. The fraction of sp³-hybridized carbons (Fsp3) is 0.312. The number of hydrogen-bond donors (Lipinski definition) is 1. The molecule has 3 heteroatoms. The monoisotopic (exact) mass is 254 g/mol. The highest BCUT2D eigenvalue weighted by Crippen LogP contribution is 2.30. The third-order valence-corrected chi connectivity index (χ3v) is 3.97. The number of anilines is 1. The van der Waals surface area contributed by atoms with E-state index in [1.165, 1.54) is 5.39 Å². The van der Waals surface area contributed by atoms with E-state index in [9.17, 15) is 4.79 Å². The van der Waals surface area contributed by atoms with E-state index in [-0.39, 0.29) is 17.9 Å². The Morgan fingerprint density at radius 3 is 2.53 bits per heavy atom. The standard InChI is InChI=1S/C16H18N2O/c1-18(16(19)13-8-14(17)9-13)15-7-6-11-4-2-3-5-12(11)10-15/h2-7,10,13-14H,8-9,17H2,1H3. The highest BCUT2D eigenvalue weighted by atomic mass is 16.2. The van der Waals surface area contributed by atoms with Crippen LogP contribution >= 0.6 is 0 Å². The molecule has 1 amide bonds. The maximum Gasteiger partial charge on any atom is 0.229 e. The summed E-state index contributed by atoms with van der Waals surface area (Å²) in [5, 5.41) is 2.35. The first kappa shape index (κ1) is 12.2. The van der Waals surface area contributed by atoms with Gasteiger partial charge in [0, 0.05) is 24.7 Å². The van der Waals surface area contributed by atoms with E-state index in [1.54, 1.807) is 4.90 Å². The molecule has 19 heavy (non-hydrogen) atoms. The molecule has 0 atom stereocenters. The Kier molecular flexibility index (Phi) is 2.99. The number of amides is 1. The van der Waals surface area contributed by atoms with Gasteiger partial charge in [0.2, 0.25) is 5.91 Å². The second-order valence-electron chi connectivity index (χ2n) is 5.36. The molecular formula is C16H18N2O. The van der Waals surface area contributed by atoms with Crippen molar-refractivity contribution in [2.75, 3.05) is 11.9 Å². The quantitative estimate of drug-likeness (QED) is 0.895. The van der Waals surface area contributed by atoms with Crippen LogP contribution < -0.4 is 10.6 Å². The van der Waals surface area contributed by atoms with Crippen LogP contribution in [0, 0.1) is 5.92 Å². The van der Waals surface area contributed by atoms with Crippen molar-refractivity contribution in [3.05, 3.63) is 42.5 Å². The Hall–Kier alpha value is -1.87. The number of carbonyl (C=O) groups is 1. The van der Waals surface area contributed by atoms with Crippen LogP contribution in [0.4, 0.5) is 5.69 Å². The van der Waals surface area contributed by atoms with Gasteiger partial charge in [0.1, 0.15) is 0 Å². The van der Waals surface area contributed by atoms with Crippen LogP contribution in [-0.2, 0) is 4.79 Å². The number of nitrogens with zero attached hydrogens (tertiary/aromatic N) is 1. The maximum atomic E-state index is 12.3. The molecule has 2 aromatic rings. The third-order valence-electron chi connectivity index (χ3n) is 3.97. The molecule has 0 unspecified atom stereocenters. The molecule has 2 aromatic carbocycles. The number of rotatable bonds is 2. The lowest BCUT2D eigenvalue weighted by Crippen LogP contribution is -2.45. The largest absolute Gasteiger partial charge is 0.328 e. The van der Waals surface area contributed by atoms with E-state index in [4.69, 9.17) is 5.73 Å². The molecule has 0 radical (unpaired) electrons. The summed E-state index contributed by atoms with van der Waals surface area (Å²) in [7, 11) is 1.84. The van der Waals surface area contributed by atoms with Crippen LogP contribution in [0.1, 0.15) is 12.8 Å². The van der Waals surface area contributed by atoms with Crippen LogP contribution in [0.3, 0.4) is 0 Å². The third kappa shape index (κ3) is 2.22. The molecule has 98 valence electrons. The first-order valence-electron chi connectivity index (χ1n) is 6.67. The van der Waals surface area contributed by atoms with E-state index < -0.39 is 0 Å². The number of benzene rings is 2. The van der Waals surface area contributed by atoms with Gasteiger partial charge < -0.3 is 10.6 Å². The lowest BCUT2D eigenvalue weighted by molar-refractivity contribution is -0.124. The molecule has 1 fully saturated rings. The van der Waals surface area contributed by atoms with E-state index >= 15 is 0 Å². The highest BCUT2D eigenvalue weighted by molar-refractivity contribution is 5.97. The normalized spacial score (nSPS) is 22.0. The molecule has 0 bridgehead atoms. The predicted molar refractivity (Wildman–Crippen MR) is 78.1 cm³/mol. The summed E-state index contributed by atoms with van der Waals surface area (Å²) in [4.78, 5) is 14.0. The van der Waals surface area contributed by atoms with Gasteiger partial charge in [-0.15, -0.1) is 0 Å². The van der Waals surface area contributed by atoms with Gasteiger partial charge in [-0.3, -0.25) is 4.79 Å². The summed E-state index contributed by atoms with van der Waals surface area (Å²) in [6.07, 6.45) is 1.63. The minimum Gasteiger partial charge on any atom is -0.328 e. The zero-order valence-electron chi connectivity index (χ0n) is 11.0. The van der Waals surface area contributed by atoms with Gasteiger partial charge in [-0.2, -0.15) is 0 Å². The molecule has 3 rings (SSSR count). The zero-order chi connectivity index (χ0) is 13.4. The molecule has 1 saturated carbocycles. The van der Waals surface area contributed by atoms with Crippen LogP contribution in [0.2, 0.25) is 0 Å². The van der Waals surface area contributed by atoms with Crippen molar-refractivity contribution in [2.45, 2.75) is 18.9 Å². The molecule has 0 saturated heterocycles. The molecular weight excluding hydrogens is 236 g/mol. The molecule has 0 spiro atoms. The SMILES string of the molecule is CN(C(=O)C1CC(N)C1)c1ccc2ccccc2c1. The average Bonchev–Trinajstić information content (AvgIpc) is 2.42. The van der Waals surface area contributed by atoms with Crippen LogP contribution in [0.5, 0.6) is 0 Å². The van der Waals surface area contributed by atoms with Crippen LogP contribution in [-0.4, -0.2) is 19.0 Å². The number of fused-ring (bicyclic) bond motifs is 1. The van der Waals surface area contributed by atoms with Crippen molar-refractivity contribution in [3.8, 4) is 0 Å². The molecule has 1 aliphatic carbocycles. The van der Waals surface area contributed by atoms with Crippen molar-refractivity contribution >= 4 is 22.4 Å². The lowest BCUT2D eigenvalue weighted by Gasteiger charge is -2.34. The number of hydrogen-bond acceptors (Lipinski definition) is 2. The van der Waals surface area contributed by atoms with E-state index in [1.807, 2.05) is 25.2 Å². The summed E-state index contributed by atoms with van der Waals surface area (Å²) in [5.41, 5.74) is 6.70. The molecule has 0 heterocycles. The Morgan fingerprint density at radius 2 is 1.84 bits per heavy atom. The van der Waals surface area contributed by atoms with Crippen molar-refractivity contribution in [2.24, 2.45) is 11.7 Å². The van der Waals surface area contributed by atoms with Gasteiger partial charge in [0.15, 0.2) is 0 Å². The zero-order valence-corrected chi connectivity index (χ0v) is 11.0. The van der Waals surface area contributed by atoms with Crippen LogP contribution in [0.25, 0.3) is 10.8 Å². The topological polar surface area (TPSA) is 46.3 Å². The molecule has 0 aromatic heterocycles. The number of nitrogens with two attached hydrogens (primary N) is 1. The fourth-order valence-corrected chi connectivity index (χ4v) is 2.65. The Morgan fingerprint density at radius 1 is 1.16 bits per heavy atom. The molecule has 2 N–H and O–H groups in total. The van der Waals surface area contributed by atoms with Crippen molar-refractivity contribution in [1.82, 2.24) is 0 Å². The first-order valence-corrected chi connectivity index (χ1v) is 6.67. The minimum absolute atomic E-state index is 0.103. The van der Waals surface area contributed by atoms with E-state index in [0.29, 0.717) is 0 Å². The Balaban J connectivity index is 1.85.